The number of rotatable bonds is 6. The number of benzene rings is 2. The predicted octanol–water partition coefficient (Wildman–Crippen LogP) is 3.71. The lowest BCUT2D eigenvalue weighted by Gasteiger charge is -2.12. The van der Waals surface area contributed by atoms with Gasteiger partial charge in [-0.3, -0.25) is 4.72 Å². The molecule has 11 heteroatoms. The largest absolute Gasteiger partial charge is 0.480 e. The molecule has 2 rings (SSSR count). The van der Waals surface area contributed by atoms with Gasteiger partial charge in [-0.2, -0.15) is 13.2 Å². The highest BCUT2D eigenvalue weighted by molar-refractivity contribution is 7.92. The molecule has 0 saturated heterocycles. The van der Waals surface area contributed by atoms with Crippen molar-refractivity contribution in [3.05, 3.63) is 53.1 Å². The minimum Gasteiger partial charge on any atom is -0.480 e. The Bertz CT molecular complexity index is 947. The molecule has 0 spiro atoms. The second kappa shape index (κ2) is 8.05. The molecule has 0 amide bonds. The van der Waals surface area contributed by atoms with Gasteiger partial charge in [-0.05, 0) is 36.4 Å². The van der Waals surface area contributed by atoms with E-state index in [4.69, 9.17) is 16.3 Å². The third-order valence-corrected chi connectivity index (χ3v) is 4.90. The second-order valence-electron chi connectivity index (χ2n) is 5.14. The van der Waals surface area contributed by atoms with Gasteiger partial charge >= 0.3 is 12.1 Å². The maximum Gasteiger partial charge on any atom is 0.416 e. The van der Waals surface area contributed by atoms with Crippen LogP contribution in [0.3, 0.4) is 0 Å². The number of methoxy groups -OCH3 is 1. The molecule has 0 saturated carbocycles. The molecule has 2 aromatic carbocycles. The van der Waals surface area contributed by atoms with Gasteiger partial charge in [0.05, 0.1) is 22.6 Å². The van der Waals surface area contributed by atoms with E-state index >= 15 is 0 Å². The van der Waals surface area contributed by atoms with Gasteiger partial charge in [0.1, 0.15) is 5.75 Å². The van der Waals surface area contributed by atoms with E-state index < -0.39 is 34.3 Å². The van der Waals surface area contributed by atoms with Crippen molar-refractivity contribution in [3.8, 4) is 5.75 Å². The molecule has 0 unspecified atom stereocenters. The van der Waals surface area contributed by atoms with Gasteiger partial charge < -0.3 is 9.47 Å². The second-order valence-corrected chi connectivity index (χ2v) is 7.23. The van der Waals surface area contributed by atoms with Gasteiger partial charge in [-0.1, -0.05) is 17.7 Å². The molecule has 27 heavy (non-hydrogen) atoms. The Morgan fingerprint density at radius 3 is 2.48 bits per heavy atom. The smallest absolute Gasteiger partial charge is 0.416 e. The Labute approximate surface area is 157 Å². The minimum atomic E-state index is -4.61. The molecule has 0 aliphatic rings. The van der Waals surface area contributed by atoms with Crippen molar-refractivity contribution in [2.45, 2.75) is 11.1 Å². The van der Waals surface area contributed by atoms with Gasteiger partial charge in [0.15, 0.2) is 6.61 Å². The SMILES string of the molecule is COC(=O)COc1ccc(S(=O)(=O)Nc2cccc(C(F)(F)F)c2)cc1Cl. The third-order valence-electron chi connectivity index (χ3n) is 3.23. The molecule has 6 nitrogen and oxygen atoms in total. The van der Waals surface area contributed by atoms with Crippen LogP contribution in [0.25, 0.3) is 0 Å². The lowest BCUT2D eigenvalue weighted by Crippen LogP contribution is -2.15. The molecule has 146 valence electrons. The monoisotopic (exact) mass is 423 g/mol. The lowest BCUT2D eigenvalue weighted by molar-refractivity contribution is -0.143. The maximum absolute atomic E-state index is 12.7. The quantitative estimate of drug-likeness (QED) is 0.716. The Hall–Kier alpha value is -2.46. The van der Waals surface area contributed by atoms with E-state index in [1.165, 1.54) is 19.2 Å². The van der Waals surface area contributed by atoms with Crippen LogP contribution >= 0.6 is 11.6 Å². The summed E-state index contributed by atoms with van der Waals surface area (Å²) in [6.45, 7) is -0.426. The number of alkyl halides is 3. The highest BCUT2D eigenvalue weighted by Gasteiger charge is 2.30. The van der Waals surface area contributed by atoms with Crippen LogP contribution in [0.2, 0.25) is 5.02 Å². The zero-order chi connectivity index (χ0) is 20.2. The molecular weight excluding hydrogens is 411 g/mol. The Morgan fingerprint density at radius 2 is 1.89 bits per heavy atom. The van der Waals surface area contributed by atoms with Gasteiger partial charge in [-0.15, -0.1) is 0 Å². The molecule has 0 aliphatic heterocycles. The van der Waals surface area contributed by atoms with E-state index in [1.807, 2.05) is 0 Å². The highest BCUT2D eigenvalue weighted by Crippen LogP contribution is 2.32. The number of carbonyl (C=O) groups is 1. The van der Waals surface area contributed by atoms with Crippen molar-refractivity contribution < 1.29 is 35.9 Å². The van der Waals surface area contributed by atoms with E-state index in [1.54, 1.807) is 0 Å². The molecule has 0 bridgehead atoms. The van der Waals surface area contributed by atoms with E-state index in [9.17, 15) is 26.4 Å². The molecule has 0 heterocycles. The fourth-order valence-electron chi connectivity index (χ4n) is 1.93. The number of hydrogen-bond donors (Lipinski definition) is 1. The van der Waals surface area contributed by atoms with E-state index in [0.29, 0.717) is 6.07 Å². The third kappa shape index (κ3) is 5.51. The summed E-state index contributed by atoms with van der Waals surface area (Å²) in [7, 11) is -3.03. The maximum atomic E-state index is 12.7. The summed E-state index contributed by atoms with van der Waals surface area (Å²) in [5.74, 6) is -0.617. The van der Waals surface area contributed by atoms with Crippen molar-refractivity contribution in [1.29, 1.82) is 0 Å². The average molecular weight is 424 g/mol. The summed E-state index contributed by atoms with van der Waals surface area (Å²) in [4.78, 5) is 10.8. The molecule has 0 atom stereocenters. The van der Waals surface area contributed by atoms with Crippen LogP contribution in [0.5, 0.6) is 5.75 Å². The van der Waals surface area contributed by atoms with Crippen molar-refractivity contribution in [3.63, 3.8) is 0 Å². The van der Waals surface area contributed by atoms with Gasteiger partial charge in [-0.25, -0.2) is 13.2 Å². The number of nitrogens with one attached hydrogen (secondary N) is 1. The number of anilines is 1. The molecule has 1 N–H and O–H groups in total. The molecule has 2 aromatic rings. The molecule has 0 radical (unpaired) electrons. The minimum absolute atomic E-state index is 0.0417. The number of halogens is 4. The van der Waals surface area contributed by atoms with Crippen LogP contribution in [0.1, 0.15) is 5.56 Å². The summed E-state index contributed by atoms with van der Waals surface area (Å²) < 4.78 is 74.5. The van der Waals surface area contributed by atoms with Crippen molar-refractivity contribution in [2.24, 2.45) is 0 Å². The topological polar surface area (TPSA) is 81.7 Å². The first-order chi connectivity index (χ1) is 12.5. The fraction of sp³-hybridized carbons (Fsp3) is 0.188. The van der Waals surface area contributed by atoms with E-state index in [0.717, 1.165) is 24.3 Å². The highest BCUT2D eigenvalue weighted by atomic mass is 35.5. The van der Waals surface area contributed by atoms with Crippen LogP contribution < -0.4 is 9.46 Å². The number of sulfonamides is 1. The molecule has 0 aliphatic carbocycles. The number of esters is 1. The van der Waals surface area contributed by atoms with Crippen LogP contribution in [0.4, 0.5) is 18.9 Å². The number of carbonyl (C=O) groups excluding carboxylic acids is 1. The average Bonchev–Trinajstić information content (AvgIpc) is 2.59. The Morgan fingerprint density at radius 1 is 1.19 bits per heavy atom. The normalized spacial score (nSPS) is 11.7. The first-order valence-electron chi connectivity index (χ1n) is 7.22. The first-order valence-corrected chi connectivity index (χ1v) is 9.08. The summed E-state index contributed by atoms with van der Waals surface area (Å²) >= 11 is 5.93. The summed E-state index contributed by atoms with van der Waals surface area (Å²) in [5, 5.41) is -0.106. The summed E-state index contributed by atoms with van der Waals surface area (Å²) in [6, 6.07) is 7.15. The molecule has 0 aromatic heterocycles. The standard InChI is InChI=1S/C16H13ClF3NO5S/c1-25-15(22)9-26-14-6-5-12(8-13(14)17)27(23,24)21-11-4-2-3-10(7-11)16(18,19)20/h2-8,21H,9H2,1H3. The molecule has 0 fully saturated rings. The van der Waals surface area contributed by atoms with E-state index in [2.05, 4.69) is 9.46 Å². The first kappa shape index (κ1) is 20.8. The van der Waals surface area contributed by atoms with Gasteiger partial charge in [0, 0.05) is 5.69 Å². The van der Waals surface area contributed by atoms with Gasteiger partial charge in [0.25, 0.3) is 10.0 Å². The zero-order valence-corrected chi connectivity index (χ0v) is 15.3. The number of hydrogen-bond acceptors (Lipinski definition) is 5. The van der Waals surface area contributed by atoms with Gasteiger partial charge in [0.2, 0.25) is 0 Å². The van der Waals surface area contributed by atoms with Crippen LogP contribution in [-0.4, -0.2) is 28.1 Å². The molecular formula is C16H13ClF3NO5S. The summed E-state index contributed by atoms with van der Waals surface area (Å²) in [5.41, 5.74) is -1.25. The van der Waals surface area contributed by atoms with Crippen LogP contribution in [0, 0.1) is 0 Å². The van der Waals surface area contributed by atoms with Crippen molar-refractivity contribution >= 4 is 33.3 Å². The lowest BCUT2D eigenvalue weighted by atomic mass is 10.2. The van der Waals surface area contributed by atoms with Crippen molar-refractivity contribution in [2.75, 3.05) is 18.4 Å². The summed E-state index contributed by atoms with van der Waals surface area (Å²) in [6.07, 6.45) is -4.61. The van der Waals surface area contributed by atoms with Crippen molar-refractivity contribution in [1.82, 2.24) is 0 Å². The van der Waals surface area contributed by atoms with E-state index in [-0.39, 0.29) is 21.4 Å². The van der Waals surface area contributed by atoms with Crippen LogP contribution in [0.15, 0.2) is 47.4 Å². The number of ether oxygens (including phenoxy) is 2. The Kier molecular flexibility index (Phi) is 6.22. The Balaban J connectivity index is 2.22. The predicted molar refractivity (Wildman–Crippen MR) is 91.2 cm³/mol. The van der Waals surface area contributed by atoms with Crippen LogP contribution in [-0.2, 0) is 25.7 Å². The zero-order valence-electron chi connectivity index (χ0n) is 13.7. The fourth-order valence-corrected chi connectivity index (χ4v) is 3.31.